The number of pyridine rings is 1. The summed E-state index contributed by atoms with van der Waals surface area (Å²) >= 11 is 0. The number of anilines is 2. The number of amides is 1. The Morgan fingerprint density at radius 1 is 1.56 bits per heavy atom. The molecule has 0 aliphatic carbocycles. The number of nitriles is 1. The normalized spacial score (nSPS) is 22.2. The Hall–Kier alpha value is -3.34. The van der Waals surface area contributed by atoms with Gasteiger partial charge in [0, 0.05) is 31.0 Å². The monoisotopic (exact) mass is 367 g/mol. The Labute approximate surface area is 157 Å². The van der Waals surface area contributed by atoms with E-state index in [9.17, 15) is 14.9 Å². The number of allylic oxidation sites excluding steroid dienone is 2. The van der Waals surface area contributed by atoms with Crippen molar-refractivity contribution in [2.75, 3.05) is 23.3 Å². The van der Waals surface area contributed by atoms with Gasteiger partial charge in [-0.1, -0.05) is 6.92 Å². The summed E-state index contributed by atoms with van der Waals surface area (Å²) < 4.78 is 0. The molecule has 140 valence electrons. The molecule has 2 aliphatic rings. The summed E-state index contributed by atoms with van der Waals surface area (Å²) in [4.78, 5) is 29.7. The Bertz CT molecular complexity index is 899. The van der Waals surface area contributed by atoms with Gasteiger partial charge in [0.05, 0.1) is 11.6 Å². The van der Waals surface area contributed by atoms with E-state index in [1.54, 1.807) is 36.2 Å². The summed E-state index contributed by atoms with van der Waals surface area (Å²) in [7, 11) is 0. The molecule has 3 rings (SSSR count). The largest absolute Gasteiger partial charge is 0.478 e. The van der Waals surface area contributed by atoms with Crippen LogP contribution in [0.3, 0.4) is 0 Å². The number of aliphatic carboxylic acids is 1. The molecule has 0 bridgehead atoms. The molecule has 3 heterocycles. The first-order chi connectivity index (χ1) is 12.9. The first kappa shape index (κ1) is 18.5. The summed E-state index contributed by atoms with van der Waals surface area (Å²) in [6.45, 7) is 4.30. The van der Waals surface area contributed by atoms with Gasteiger partial charge in [0.25, 0.3) is 0 Å². The van der Waals surface area contributed by atoms with Gasteiger partial charge in [0.2, 0.25) is 5.91 Å². The van der Waals surface area contributed by atoms with Crippen LogP contribution in [0.4, 0.5) is 11.5 Å². The van der Waals surface area contributed by atoms with E-state index in [1.165, 1.54) is 0 Å². The molecule has 2 aliphatic heterocycles. The Kier molecular flexibility index (Phi) is 4.86. The molecular weight excluding hydrogens is 346 g/mol. The number of nitrogens with one attached hydrogen (secondary N) is 2. The number of hydrogen-bond donors (Lipinski definition) is 3. The highest BCUT2D eigenvalue weighted by molar-refractivity contribution is 6.01. The zero-order chi connectivity index (χ0) is 19.6. The highest BCUT2D eigenvalue weighted by Gasteiger charge is 2.46. The Morgan fingerprint density at radius 2 is 2.33 bits per heavy atom. The van der Waals surface area contributed by atoms with Crippen LogP contribution in [0.2, 0.25) is 0 Å². The second-order valence-electron chi connectivity index (χ2n) is 6.66. The molecule has 1 atom stereocenters. The van der Waals surface area contributed by atoms with Gasteiger partial charge in [-0.3, -0.25) is 4.79 Å². The highest BCUT2D eigenvalue weighted by Crippen LogP contribution is 2.37. The number of aromatic nitrogens is 1. The van der Waals surface area contributed by atoms with Gasteiger partial charge in [-0.2, -0.15) is 5.26 Å². The molecule has 0 radical (unpaired) electrons. The first-order valence-corrected chi connectivity index (χ1v) is 8.75. The van der Waals surface area contributed by atoms with E-state index in [0.717, 1.165) is 0 Å². The quantitative estimate of drug-likeness (QED) is 0.728. The fourth-order valence-corrected chi connectivity index (χ4v) is 3.32. The molecule has 0 aromatic carbocycles. The molecule has 1 saturated heterocycles. The smallest absolute Gasteiger partial charge is 0.333 e. The predicted molar refractivity (Wildman–Crippen MR) is 99.6 cm³/mol. The number of carboxylic acid groups (broad SMARTS) is 1. The second kappa shape index (κ2) is 7.11. The van der Waals surface area contributed by atoms with E-state index >= 15 is 0 Å². The van der Waals surface area contributed by atoms with E-state index in [2.05, 4.69) is 21.7 Å². The third kappa shape index (κ3) is 3.36. The first-order valence-electron chi connectivity index (χ1n) is 8.75. The third-order valence-electron chi connectivity index (χ3n) is 5.10. The highest BCUT2D eigenvalue weighted by atomic mass is 16.4. The molecule has 0 spiro atoms. The molecule has 27 heavy (non-hydrogen) atoms. The molecule has 1 aromatic rings. The third-order valence-corrected chi connectivity index (χ3v) is 5.10. The average Bonchev–Trinajstić information content (AvgIpc) is 2.98. The van der Waals surface area contributed by atoms with Crippen LogP contribution < -0.4 is 15.5 Å². The summed E-state index contributed by atoms with van der Waals surface area (Å²) in [5, 5.41) is 24.7. The summed E-state index contributed by atoms with van der Waals surface area (Å²) in [6, 6.07) is 5.66. The maximum atomic E-state index is 12.7. The molecule has 3 N–H and O–H groups in total. The zero-order valence-corrected chi connectivity index (χ0v) is 15.2. The van der Waals surface area contributed by atoms with E-state index in [-0.39, 0.29) is 12.5 Å². The van der Waals surface area contributed by atoms with Gasteiger partial charge in [-0.15, -0.1) is 0 Å². The van der Waals surface area contributed by atoms with Crippen LogP contribution in [-0.4, -0.2) is 35.1 Å². The topological polar surface area (TPSA) is 118 Å². The molecule has 1 fully saturated rings. The van der Waals surface area contributed by atoms with Gasteiger partial charge in [0.15, 0.2) is 0 Å². The Morgan fingerprint density at radius 3 is 2.93 bits per heavy atom. The van der Waals surface area contributed by atoms with Crippen LogP contribution in [0.5, 0.6) is 0 Å². The van der Waals surface area contributed by atoms with Gasteiger partial charge in [0.1, 0.15) is 17.1 Å². The van der Waals surface area contributed by atoms with Crippen LogP contribution in [-0.2, 0) is 9.59 Å². The number of carbonyl (C=O) groups excluding carboxylic acids is 1. The fourth-order valence-electron chi connectivity index (χ4n) is 3.32. The standard InChI is InChI=1S/C19H21N5O3/c1-3-19(11-20)5-7-24(18(19)27)13-4-6-21-16(9-13)23-15-8-12(2)14(10-22-15)17(25)26/h4,6,8-9,22H,3,5,7,10H2,1-2H3,(H,21,23)(H,25,26). The summed E-state index contributed by atoms with van der Waals surface area (Å²) in [6.07, 6.45) is 4.31. The van der Waals surface area contributed by atoms with E-state index in [4.69, 9.17) is 5.11 Å². The minimum Gasteiger partial charge on any atom is -0.478 e. The predicted octanol–water partition coefficient (Wildman–Crippen LogP) is 2.00. The number of rotatable bonds is 5. The van der Waals surface area contributed by atoms with E-state index in [1.807, 2.05) is 6.92 Å². The molecular formula is C19H21N5O3. The van der Waals surface area contributed by atoms with E-state index in [0.29, 0.717) is 47.9 Å². The van der Waals surface area contributed by atoms with Crippen LogP contribution in [0.15, 0.2) is 41.4 Å². The fraction of sp³-hybridized carbons (Fsp3) is 0.368. The molecule has 1 aromatic heterocycles. The van der Waals surface area contributed by atoms with Crippen molar-refractivity contribution in [3.8, 4) is 6.07 Å². The van der Waals surface area contributed by atoms with Crippen molar-refractivity contribution in [1.82, 2.24) is 10.3 Å². The second-order valence-corrected chi connectivity index (χ2v) is 6.66. The lowest BCUT2D eigenvalue weighted by Gasteiger charge is -2.22. The lowest BCUT2D eigenvalue weighted by Crippen LogP contribution is -2.33. The summed E-state index contributed by atoms with van der Waals surface area (Å²) in [5.74, 6) is 0.0378. The number of dihydropyridines is 1. The van der Waals surface area contributed by atoms with Crippen molar-refractivity contribution in [3.05, 3.63) is 41.4 Å². The maximum absolute atomic E-state index is 12.7. The minimum absolute atomic E-state index is 0.176. The van der Waals surface area contributed by atoms with Crippen LogP contribution in [0, 0.1) is 16.7 Å². The van der Waals surface area contributed by atoms with Crippen molar-refractivity contribution in [1.29, 1.82) is 5.26 Å². The minimum atomic E-state index is -0.945. The lowest BCUT2D eigenvalue weighted by molar-refractivity contribution is -0.132. The van der Waals surface area contributed by atoms with E-state index < -0.39 is 11.4 Å². The van der Waals surface area contributed by atoms with Gasteiger partial charge < -0.3 is 20.6 Å². The number of nitrogens with zero attached hydrogens (tertiary/aromatic N) is 3. The average molecular weight is 367 g/mol. The SMILES string of the molecule is CCC1(C#N)CCN(c2ccnc(NC3=CC(C)=C(C(=O)O)CN3)c2)C1=O. The van der Waals surface area contributed by atoms with Crippen molar-refractivity contribution in [2.24, 2.45) is 5.41 Å². The van der Waals surface area contributed by atoms with Gasteiger partial charge >= 0.3 is 5.97 Å². The van der Waals surface area contributed by atoms with Gasteiger partial charge in [-0.05, 0) is 37.5 Å². The lowest BCUT2D eigenvalue weighted by atomic mass is 9.85. The molecule has 0 saturated carbocycles. The molecule has 8 heteroatoms. The van der Waals surface area contributed by atoms with Crippen molar-refractivity contribution in [2.45, 2.75) is 26.7 Å². The molecule has 1 unspecified atom stereocenters. The maximum Gasteiger partial charge on any atom is 0.333 e. The molecule has 8 nitrogen and oxygen atoms in total. The van der Waals surface area contributed by atoms with Crippen molar-refractivity contribution >= 4 is 23.4 Å². The van der Waals surface area contributed by atoms with Crippen LogP contribution in [0.25, 0.3) is 0 Å². The van der Waals surface area contributed by atoms with Crippen LogP contribution in [0.1, 0.15) is 26.7 Å². The summed E-state index contributed by atoms with van der Waals surface area (Å²) in [5.41, 5.74) is 0.714. The van der Waals surface area contributed by atoms with Crippen LogP contribution >= 0.6 is 0 Å². The van der Waals surface area contributed by atoms with Crippen molar-refractivity contribution < 1.29 is 14.7 Å². The van der Waals surface area contributed by atoms with Gasteiger partial charge in [-0.25, -0.2) is 9.78 Å². The number of hydrogen-bond acceptors (Lipinski definition) is 6. The van der Waals surface area contributed by atoms with Crippen molar-refractivity contribution in [3.63, 3.8) is 0 Å². The Balaban J connectivity index is 1.80. The number of carboxylic acids is 1. The molecule has 1 amide bonds. The number of carbonyl (C=O) groups is 2. The zero-order valence-electron chi connectivity index (χ0n) is 15.2.